The second kappa shape index (κ2) is 8.26. The summed E-state index contributed by atoms with van der Waals surface area (Å²) in [7, 11) is 0. The lowest BCUT2D eigenvalue weighted by molar-refractivity contribution is -0.138. The summed E-state index contributed by atoms with van der Waals surface area (Å²) in [6, 6.07) is 6.35. The van der Waals surface area contributed by atoms with Crippen LogP contribution in [-0.2, 0) is 14.3 Å². The Morgan fingerprint density at radius 2 is 2.00 bits per heavy atom. The molecule has 2 aromatic rings. The van der Waals surface area contributed by atoms with Crippen LogP contribution in [0, 0.1) is 6.92 Å². The Morgan fingerprint density at radius 3 is 2.75 bits per heavy atom. The molecule has 2 N–H and O–H groups in total. The molecule has 1 aromatic carbocycles. The summed E-state index contributed by atoms with van der Waals surface area (Å²) in [4.78, 5) is 40.5. The number of ether oxygens (including phenoxy) is 2. The Morgan fingerprint density at radius 1 is 1.21 bits per heavy atom. The number of urea groups is 1. The smallest absolute Gasteiger partial charge is 0.340 e. The van der Waals surface area contributed by atoms with E-state index in [-0.39, 0.29) is 36.6 Å². The number of benzene rings is 1. The van der Waals surface area contributed by atoms with E-state index in [1.165, 1.54) is 0 Å². The molecule has 2 heterocycles. The molecule has 0 fully saturated rings. The van der Waals surface area contributed by atoms with E-state index in [0.29, 0.717) is 21.6 Å². The fourth-order valence-corrected chi connectivity index (χ4v) is 2.92. The number of hydrogen-bond donors (Lipinski definition) is 2. The summed E-state index contributed by atoms with van der Waals surface area (Å²) in [6.45, 7) is 3.27. The van der Waals surface area contributed by atoms with Gasteiger partial charge in [-0.1, -0.05) is 11.6 Å². The molecule has 0 bridgehead atoms. The van der Waals surface area contributed by atoms with Gasteiger partial charge in [0.25, 0.3) is 0 Å². The lowest BCUT2D eigenvalue weighted by Gasteiger charge is -2.21. The number of halogens is 1. The minimum Gasteiger partial charge on any atom is -0.463 e. The molecule has 0 unspecified atom stereocenters. The van der Waals surface area contributed by atoms with Gasteiger partial charge in [0, 0.05) is 10.4 Å². The van der Waals surface area contributed by atoms with E-state index in [9.17, 15) is 14.4 Å². The molecule has 9 heteroatoms. The maximum atomic E-state index is 12.6. The monoisotopic (exact) mass is 403 g/mol. The maximum absolute atomic E-state index is 12.6. The molecule has 3 rings (SSSR count). The molecular weight excluding hydrogens is 386 g/mol. The second-order valence-electron chi connectivity index (χ2n) is 6.02. The van der Waals surface area contributed by atoms with E-state index in [1.807, 2.05) is 0 Å². The van der Waals surface area contributed by atoms with Crippen LogP contribution in [0.2, 0.25) is 5.02 Å². The fraction of sp³-hybridized carbons (Fsp3) is 0.263. The Labute approximate surface area is 165 Å². The first-order chi connectivity index (χ1) is 13.4. The molecule has 146 valence electrons. The predicted molar refractivity (Wildman–Crippen MR) is 102 cm³/mol. The largest absolute Gasteiger partial charge is 0.463 e. The van der Waals surface area contributed by atoms with Crippen LogP contribution in [0.5, 0.6) is 0 Å². The fourth-order valence-electron chi connectivity index (χ4n) is 2.73. The van der Waals surface area contributed by atoms with Crippen molar-refractivity contribution in [2.45, 2.75) is 13.8 Å². The Kier molecular flexibility index (Phi) is 5.79. The molecule has 0 spiro atoms. The van der Waals surface area contributed by atoms with E-state index in [4.69, 9.17) is 21.1 Å². The van der Waals surface area contributed by atoms with Crippen molar-refractivity contribution in [2.75, 3.05) is 19.8 Å². The number of hydrogen-bond acceptors (Lipinski definition) is 6. The van der Waals surface area contributed by atoms with Crippen LogP contribution in [0.3, 0.4) is 0 Å². The third-order valence-corrected chi connectivity index (χ3v) is 4.35. The molecule has 2 amide bonds. The van der Waals surface area contributed by atoms with Crippen LogP contribution in [-0.4, -0.2) is 42.7 Å². The highest BCUT2D eigenvalue weighted by Crippen LogP contribution is 2.21. The van der Waals surface area contributed by atoms with Crippen LogP contribution in [0.4, 0.5) is 4.79 Å². The number of esters is 2. The topological polar surface area (TPSA) is 107 Å². The second-order valence-corrected chi connectivity index (χ2v) is 6.46. The standard InChI is InChI=1S/C19H18ClN3O5/c1-3-27-18(25)14-8-21-19(26)23-16(14)9-28-17(24)13-7-11-6-12(20)4-5-15(11)22-10(13)2/h4-7H,3,8-9H2,1-2H3,(H2,21,23,26). The van der Waals surface area contributed by atoms with Gasteiger partial charge in [0.1, 0.15) is 6.61 Å². The highest BCUT2D eigenvalue weighted by Gasteiger charge is 2.25. The average molecular weight is 404 g/mol. The normalized spacial score (nSPS) is 13.8. The average Bonchev–Trinajstić information content (AvgIpc) is 2.66. The van der Waals surface area contributed by atoms with Crippen molar-refractivity contribution >= 4 is 40.5 Å². The number of aromatic nitrogens is 1. The SMILES string of the molecule is CCOC(=O)C1=C(COC(=O)c2cc3cc(Cl)ccc3nc2C)NC(=O)NC1. The minimum absolute atomic E-state index is 0.00733. The van der Waals surface area contributed by atoms with Crippen molar-refractivity contribution in [3.05, 3.63) is 51.8 Å². The number of pyridine rings is 1. The molecule has 8 nitrogen and oxygen atoms in total. The van der Waals surface area contributed by atoms with Gasteiger partial charge in [-0.3, -0.25) is 4.98 Å². The molecule has 0 aliphatic carbocycles. The van der Waals surface area contributed by atoms with Crippen molar-refractivity contribution in [2.24, 2.45) is 0 Å². The van der Waals surface area contributed by atoms with Crippen LogP contribution in [0.1, 0.15) is 23.0 Å². The first kappa shape index (κ1) is 19.6. The number of fused-ring (bicyclic) bond motifs is 1. The molecule has 0 atom stereocenters. The lowest BCUT2D eigenvalue weighted by Crippen LogP contribution is -2.45. The van der Waals surface area contributed by atoms with E-state index in [2.05, 4.69) is 15.6 Å². The van der Waals surface area contributed by atoms with E-state index in [0.717, 1.165) is 0 Å². The number of rotatable bonds is 5. The van der Waals surface area contributed by atoms with Crippen LogP contribution in [0.15, 0.2) is 35.5 Å². The first-order valence-electron chi connectivity index (χ1n) is 8.57. The zero-order valence-electron chi connectivity index (χ0n) is 15.3. The molecule has 1 aliphatic heterocycles. The summed E-state index contributed by atoms with van der Waals surface area (Å²) < 4.78 is 10.3. The van der Waals surface area contributed by atoms with Crippen LogP contribution >= 0.6 is 11.6 Å². The van der Waals surface area contributed by atoms with E-state index < -0.39 is 18.0 Å². The lowest BCUT2D eigenvalue weighted by atomic mass is 10.1. The maximum Gasteiger partial charge on any atom is 0.340 e. The van der Waals surface area contributed by atoms with Gasteiger partial charge in [0.15, 0.2) is 0 Å². The number of carbonyl (C=O) groups is 3. The zero-order chi connectivity index (χ0) is 20.3. The minimum atomic E-state index is -0.629. The molecule has 28 heavy (non-hydrogen) atoms. The summed E-state index contributed by atoms with van der Waals surface area (Å²) in [6.07, 6.45) is 0. The highest BCUT2D eigenvalue weighted by atomic mass is 35.5. The van der Waals surface area contributed by atoms with Crippen molar-refractivity contribution in [1.29, 1.82) is 0 Å². The van der Waals surface area contributed by atoms with Crippen LogP contribution in [0.25, 0.3) is 10.9 Å². The van der Waals surface area contributed by atoms with Gasteiger partial charge in [0.05, 0.1) is 41.2 Å². The number of aryl methyl sites for hydroxylation is 1. The van der Waals surface area contributed by atoms with Crippen molar-refractivity contribution in [3.63, 3.8) is 0 Å². The molecule has 1 aromatic heterocycles. The van der Waals surface area contributed by atoms with Crippen LogP contribution < -0.4 is 10.6 Å². The van der Waals surface area contributed by atoms with Crippen molar-refractivity contribution in [3.8, 4) is 0 Å². The highest BCUT2D eigenvalue weighted by molar-refractivity contribution is 6.31. The third-order valence-electron chi connectivity index (χ3n) is 4.11. The van der Waals surface area contributed by atoms with E-state index >= 15 is 0 Å². The molecular formula is C19H18ClN3O5. The first-order valence-corrected chi connectivity index (χ1v) is 8.95. The Bertz CT molecular complexity index is 1000. The number of nitrogens with zero attached hydrogens (tertiary/aromatic N) is 1. The molecule has 1 aliphatic rings. The molecule has 0 saturated heterocycles. The van der Waals surface area contributed by atoms with Gasteiger partial charge in [-0.2, -0.15) is 0 Å². The van der Waals surface area contributed by atoms with Gasteiger partial charge in [-0.15, -0.1) is 0 Å². The third kappa shape index (κ3) is 4.23. The molecule has 0 radical (unpaired) electrons. The quantitative estimate of drug-likeness (QED) is 0.743. The number of nitrogens with one attached hydrogen (secondary N) is 2. The molecule has 0 saturated carbocycles. The number of amides is 2. The Hall–Kier alpha value is -3.13. The zero-order valence-corrected chi connectivity index (χ0v) is 16.1. The van der Waals surface area contributed by atoms with Gasteiger partial charge < -0.3 is 20.1 Å². The Balaban J connectivity index is 1.82. The predicted octanol–water partition coefficient (Wildman–Crippen LogP) is 2.48. The van der Waals surface area contributed by atoms with Gasteiger partial charge >= 0.3 is 18.0 Å². The van der Waals surface area contributed by atoms with Gasteiger partial charge in [-0.25, -0.2) is 14.4 Å². The van der Waals surface area contributed by atoms with E-state index in [1.54, 1.807) is 38.1 Å². The van der Waals surface area contributed by atoms with Gasteiger partial charge in [0.2, 0.25) is 0 Å². The summed E-state index contributed by atoms with van der Waals surface area (Å²) in [5.74, 6) is -1.21. The summed E-state index contributed by atoms with van der Waals surface area (Å²) in [5, 5.41) is 6.19. The van der Waals surface area contributed by atoms with Gasteiger partial charge in [-0.05, 0) is 38.1 Å². The van der Waals surface area contributed by atoms with Crippen molar-refractivity contribution < 1.29 is 23.9 Å². The van der Waals surface area contributed by atoms with Crippen molar-refractivity contribution in [1.82, 2.24) is 15.6 Å². The summed E-state index contributed by atoms with van der Waals surface area (Å²) in [5.41, 5.74) is 1.86. The summed E-state index contributed by atoms with van der Waals surface area (Å²) >= 11 is 6.00. The number of carbonyl (C=O) groups excluding carboxylic acids is 3.